The predicted molar refractivity (Wildman–Crippen MR) is 73.1 cm³/mol. The van der Waals surface area contributed by atoms with E-state index >= 15 is 0 Å². The fourth-order valence-corrected chi connectivity index (χ4v) is 2.12. The molecule has 0 radical (unpaired) electrons. The summed E-state index contributed by atoms with van der Waals surface area (Å²) >= 11 is 6.04. The van der Waals surface area contributed by atoms with Crippen LogP contribution in [0.25, 0.3) is 0 Å². The van der Waals surface area contributed by atoms with Gasteiger partial charge in [0.25, 0.3) is 5.69 Å². The number of Topliss-reactive ketones (excluding diaryl/α,β-unsaturated/α-hetero) is 1. The zero-order valence-corrected chi connectivity index (χ0v) is 11.0. The number of anilines is 1. The molecule has 1 heterocycles. The van der Waals surface area contributed by atoms with Crippen LogP contribution in [0.15, 0.2) is 42.2 Å². The second kappa shape index (κ2) is 4.85. The molecule has 0 amide bonds. The van der Waals surface area contributed by atoms with Crippen molar-refractivity contribution >= 4 is 28.8 Å². The van der Waals surface area contributed by atoms with Crippen molar-refractivity contribution in [2.24, 2.45) is 0 Å². The molecule has 0 aliphatic carbocycles. The number of rotatable bonds is 3. The smallest absolute Gasteiger partial charge is 0.271 e. The van der Waals surface area contributed by atoms with Gasteiger partial charge < -0.3 is 4.90 Å². The minimum atomic E-state index is -0.509. The van der Waals surface area contributed by atoms with Crippen LogP contribution in [0.5, 0.6) is 0 Å². The van der Waals surface area contributed by atoms with Crippen LogP contribution in [0, 0.1) is 10.1 Å². The van der Waals surface area contributed by atoms with Gasteiger partial charge in [0, 0.05) is 36.0 Å². The van der Waals surface area contributed by atoms with Gasteiger partial charge in [-0.05, 0) is 13.0 Å². The summed E-state index contributed by atoms with van der Waals surface area (Å²) in [6, 6.07) is 4.20. The molecule has 0 fully saturated rings. The number of non-ortho nitro benzene ring substituents is 1. The first-order valence-corrected chi connectivity index (χ1v) is 5.90. The number of nitro benzene ring substituents is 1. The zero-order valence-electron chi connectivity index (χ0n) is 10.2. The Morgan fingerprint density at radius 3 is 2.68 bits per heavy atom. The van der Waals surface area contributed by atoms with Gasteiger partial charge in [0.1, 0.15) is 0 Å². The molecule has 1 aromatic carbocycles. The van der Waals surface area contributed by atoms with Crippen LogP contribution in [-0.2, 0) is 4.79 Å². The average Bonchev–Trinajstić information content (AvgIpc) is 2.71. The molecule has 0 unspecified atom stereocenters. The fraction of sp³-hybridized carbons (Fsp3) is 0.154. The number of hydrogen-bond acceptors (Lipinski definition) is 4. The summed E-state index contributed by atoms with van der Waals surface area (Å²) in [6.07, 6.45) is 2.13. The Morgan fingerprint density at radius 1 is 1.53 bits per heavy atom. The lowest BCUT2D eigenvalue weighted by Gasteiger charge is -2.18. The Balaban J connectivity index is 2.40. The quantitative estimate of drug-likeness (QED) is 0.627. The molecule has 5 nitrogen and oxygen atoms in total. The molecule has 98 valence electrons. The number of carbonyl (C=O) groups excluding carboxylic acids is 1. The Bertz CT molecular complexity index is 622. The molecular formula is C13H11ClN2O3. The van der Waals surface area contributed by atoms with E-state index in [9.17, 15) is 14.9 Å². The molecule has 0 saturated heterocycles. The molecule has 19 heavy (non-hydrogen) atoms. The highest BCUT2D eigenvalue weighted by Crippen LogP contribution is 2.36. The summed E-state index contributed by atoms with van der Waals surface area (Å²) in [6.45, 7) is 5.36. The topological polar surface area (TPSA) is 63.5 Å². The monoisotopic (exact) mass is 278 g/mol. The van der Waals surface area contributed by atoms with Crippen molar-refractivity contribution in [1.29, 1.82) is 0 Å². The van der Waals surface area contributed by atoms with Crippen LogP contribution in [0.4, 0.5) is 11.4 Å². The van der Waals surface area contributed by atoms with Crippen molar-refractivity contribution in [3.8, 4) is 0 Å². The highest BCUT2D eigenvalue weighted by atomic mass is 35.5. The predicted octanol–water partition coefficient (Wildman–Crippen LogP) is 3.44. The molecule has 1 aliphatic rings. The van der Waals surface area contributed by atoms with Crippen LogP contribution in [0.1, 0.15) is 13.3 Å². The Morgan fingerprint density at radius 2 is 2.21 bits per heavy atom. The van der Waals surface area contributed by atoms with Crippen molar-refractivity contribution in [1.82, 2.24) is 0 Å². The van der Waals surface area contributed by atoms with E-state index in [-0.39, 0.29) is 16.5 Å². The summed E-state index contributed by atoms with van der Waals surface area (Å²) in [5.41, 5.74) is 1.85. The van der Waals surface area contributed by atoms with Gasteiger partial charge in [0.15, 0.2) is 5.78 Å². The third kappa shape index (κ3) is 2.51. The molecule has 6 heteroatoms. The largest absolute Gasteiger partial charge is 0.319 e. The third-order valence-corrected chi connectivity index (χ3v) is 3.18. The van der Waals surface area contributed by atoms with Crippen LogP contribution in [0.2, 0.25) is 5.02 Å². The Labute approximate surface area is 114 Å². The van der Waals surface area contributed by atoms with Gasteiger partial charge in [-0.15, -0.1) is 0 Å². The number of ketones is 1. The van der Waals surface area contributed by atoms with E-state index in [0.29, 0.717) is 23.4 Å². The maximum Gasteiger partial charge on any atom is 0.271 e. The van der Waals surface area contributed by atoms with E-state index in [0.717, 1.165) is 0 Å². The average molecular weight is 279 g/mol. The van der Waals surface area contributed by atoms with Crippen molar-refractivity contribution in [3.05, 3.63) is 57.4 Å². The second-order valence-electron chi connectivity index (χ2n) is 4.22. The molecule has 0 saturated carbocycles. The highest BCUT2D eigenvalue weighted by molar-refractivity contribution is 6.33. The van der Waals surface area contributed by atoms with E-state index in [1.807, 2.05) is 0 Å². The SMILES string of the molecule is C=C1CC(C(C)=O)=CN1c1ccc([N+](=O)[O-])cc1Cl. The maximum absolute atomic E-state index is 11.3. The van der Waals surface area contributed by atoms with Crippen LogP contribution < -0.4 is 4.90 Å². The molecule has 2 rings (SSSR count). The summed E-state index contributed by atoms with van der Waals surface area (Å²) in [4.78, 5) is 23.2. The summed E-state index contributed by atoms with van der Waals surface area (Å²) in [7, 11) is 0. The number of halogens is 1. The first-order chi connectivity index (χ1) is 8.90. The molecule has 1 aromatic rings. The van der Waals surface area contributed by atoms with Crippen LogP contribution in [-0.4, -0.2) is 10.7 Å². The Kier molecular flexibility index (Phi) is 3.40. The first kappa shape index (κ1) is 13.3. The number of hydrogen-bond donors (Lipinski definition) is 0. The van der Waals surface area contributed by atoms with Gasteiger partial charge >= 0.3 is 0 Å². The van der Waals surface area contributed by atoms with Crippen molar-refractivity contribution in [3.63, 3.8) is 0 Å². The number of benzene rings is 1. The van der Waals surface area contributed by atoms with E-state index in [1.165, 1.54) is 19.1 Å². The third-order valence-electron chi connectivity index (χ3n) is 2.87. The molecular weight excluding hydrogens is 268 g/mol. The van der Waals surface area contributed by atoms with Gasteiger partial charge in [0.2, 0.25) is 0 Å². The summed E-state index contributed by atoms with van der Waals surface area (Å²) < 4.78 is 0. The molecule has 0 aromatic heterocycles. The van der Waals surface area contributed by atoms with Gasteiger partial charge in [-0.25, -0.2) is 0 Å². The summed E-state index contributed by atoms with van der Waals surface area (Å²) in [5, 5.41) is 10.9. The van der Waals surface area contributed by atoms with Gasteiger partial charge in [-0.2, -0.15) is 0 Å². The zero-order chi connectivity index (χ0) is 14.2. The molecule has 0 spiro atoms. The van der Waals surface area contributed by atoms with Gasteiger partial charge in [0.05, 0.1) is 15.6 Å². The number of nitro groups is 1. The normalized spacial score (nSPS) is 14.5. The lowest BCUT2D eigenvalue weighted by atomic mass is 10.1. The van der Waals surface area contributed by atoms with E-state index in [4.69, 9.17) is 11.6 Å². The minimum Gasteiger partial charge on any atom is -0.319 e. The highest BCUT2D eigenvalue weighted by Gasteiger charge is 2.23. The lowest BCUT2D eigenvalue weighted by molar-refractivity contribution is -0.384. The van der Waals surface area contributed by atoms with E-state index in [1.54, 1.807) is 17.2 Å². The molecule has 0 bridgehead atoms. The molecule has 1 aliphatic heterocycles. The second-order valence-corrected chi connectivity index (χ2v) is 4.62. The fourth-order valence-electron chi connectivity index (χ4n) is 1.86. The number of allylic oxidation sites excluding steroid dienone is 1. The van der Waals surface area contributed by atoms with Crippen LogP contribution >= 0.6 is 11.6 Å². The van der Waals surface area contributed by atoms with Gasteiger partial charge in [-0.3, -0.25) is 14.9 Å². The van der Waals surface area contributed by atoms with Crippen molar-refractivity contribution < 1.29 is 9.72 Å². The van der Waals surface area contributed by atoms with E-state index < -0.39 is 4.92 Å². The minimum absolute atomic E-state index is 0.0262. The standard InChI is InChI=1S/C13H11ClN2O3/c1-8-5-10(9(2)17)7-15(8)13-4-3-11(16(18)19)6-12(13)14/h3-4,6-7H,1,5H2,2H3. The Hall–Kier alpha value is -2.14. The maximum atomic E-state index is 11.3. The van der Waals surface area contributed by atoms with E-state index in [2.05, 4.69) is 6.58 Å². The number of carbonyl (C=O) groups is 1. The lowest BCUT2D eigenvalue weighted by Crippen LogP contribution is -2.10. The molecule has 0 N–H and O–H groups in total. The summed E-state index contributed by atoms with van der Waals surface area (Å²) in [5.74, 6) is -0.0262. The van der Waals surface area contributed by atoms with Crippen LogP contribution in [0.3, 0.4) is 0 Å². The first-order valence-electron chi connectivity index (χ1n) is 5.52. The van der Waals surface area contributed by atoms with Crippen molar-refractivity contribution in [2.45, 2.75) is 13.3 Å². The van der Waals surface area contributed by atoms with Gasteiger partial charge in [-0.1, -0.05) is 18.2 Å². The number of nitrogens with zero attached hydrogens (tertiary/aromatic N) is 2. The van der Waals surface area contributed by atoms with Crippen molar-refractivity contribution in [2.75, 3.05) is 4.90 Å². The molecule has 0 atom stereocenters.